The Bertz CT molecular complexity index is 5150. The fraction of sp³-hybridized carbons (Fsp3) is 0.425. The Labute approximate surface area is 707 Å². The van der Waals surface area contributed by atoms with Crippen LogP contribution in [0.4, 0.5) is 26.7 Å². The van der Waals surface area contributed by atoms with E-state index in [0.717, 1.165) is 102 Å². The molecule has 0 bridgehead atoms. The number of nitrogens with two attached hydrogens (primary N) is 1. The standard InChI is InChI=1S/C24H28N4O4.C19H23N5O3.C16H22N4O2.C14H20N2O2.C10H9ClN2O2.C3H3NO2.CH4/c1-3-31-23(29)20-13-26-22-19(11-12-25-22)21(20)27-18-10-9-16(2)28(14-18)24(30)32-15-17-7-5-4-6-8-17;1-3-27-19(26)15-10-22-18-14(7-9-21-18)17(15)23-13-5-4-12(2)24(11-13)16(25)6-8-20;1-3-22-16(21)13-9-19-15-12(6-7-17-15)14(13)20-11-5-4-10(2)18-8-11;1-11-7-8-13(15)9-16(11)14(17)18-10-12-5-3-2-4-6-12;1-2-15-10(14)7-5-13-9-6(8(7)11)3-4-12-9;4-2-1-3(5)6;/h4-8,11-13,16,18H,3,9-10,14-15H2,1-2H3,(H2,25,26,27);7,9-10,12-13H,3-6,11H2,1-2H3,(H2,21,22,23);6-7,9-11,18H,3-5,8H2,1-2H3,(H2,17,19,20);2-6,11,13H,7-10,15H2,1H3;3-5H,2H2,1H3,(H,12,13);1H2,(H,5,6);1H4/t16-,18+;12-,13+;10-,11+;11-,13+;;;/m0000.../s1. The number of benzene rings is 2. The Morgan fingerprint density at radius 2 is 0.826 bits per heavy atom. The van der Waals surface area contributed by atoms with E-state index in [1.54, 1.807) is 73.2 Å². The zero-order valence-corrected chi connectivity index (χ0v) is 69.4. The monoisotopic (exact) mass is 1680 g/mol. The zero-order chi connectivity index (χ0) is 86.2. The van der Waals surface area contributed by atoms with Gasteiger partial charge in [-0.3, -0.25) is 9.59 Å². The van der Waals surface area contributed by atoms with Crippen LogP contribution in [0.25, 0.3) is 44.1 Å². The van der Waals surface area contributed by atoms with Gasteiger partial charge in [0.15, 0.2) is 0 Å². The van der Waals surface area contributed by atoms with E-state index in [4.69, 9.17) is 61.4 Å². The first kappa shape index (κ1) is 93.6. The van der Waals surface area contributed by atoms with Gasteiger partial charge < -0.3 is 95.2 Å². The highest BCUT2D eigenvalue weighted by atomic mass is 35.5. The number of anilines is 3. The summed E-state index contributed by atoms with van der Waals surface area (Å²) in [5, 5.41) is 41.6. The van der Waals surface area contributed by atoms with Gasteiger partial charge in [0.25, 0.3) is 0 Å². The number of nitrogens with one attached hydrogen (secondary N) is 8. The van der Waals surface area contributed by atoms with E-state index in [-0.39, 0.29) is 94.0 Å². The van der Waals surface area contributed by atoms with E-state index in [9.17, 15) is 38.4 Å². The number of ether oxygens (including phenoxy) is 6. The number of esters is 4. The van der Waals surface area contributed by atoms with Crippen molar-refractivity contribution in [1.29, 1.82) is 10.5 Å². The number of aliphatic carboxylic acids is 1. The number of aromatic amines is 4. The van der Waals surface area contributed by atoms with E-state index >= 15 is 0 Å². The van der Waals surface area contributed by atoms with Crippen LogP contribution in [0.15, 0.2) is 135 Å². The number of likely N-dealkylation sites (tertiary alicyclic amines) is 3. The van der Waals surface area contributed by atoms with Gasteiger partial charge in [0, 0.05) is 146 Å². The van der Waals surface area contributed by atoms with E-state index in [2.05, 4.69) is 68.1 Å². The molecule has 4 saturated heterocycles. The second-order valence-electron chi connectivity index (χ2n) is 28.9. The van der Waals surface area contributed by atoms with Crippen LogP contribution in [-0.2, 0) is 51.2 Å². The van der Waals surface area contributed by atoms with Crippen LogP contribution in [0.1, 0.15) is 180 Å². The SMILES string of the molecule is C.CCOC(=O)c1cnc2[nH]ccc2c1Cl.CCOC(=O)c1cnc2[nH]ccc2c1N[C@@H]1CC[C@H](C)N(C(=O)CC#N)C1.CCOC(=O)c1cnc2[nH]ccc2c1N[C@@H]1CC[C@H](C)N(C(=O)OCc2ccccc2)C1.CCOC(=O)c1cnc2[nH]ccc2c1N[C@@H]1CC[C@H](C)NC1.C[C@H]1CC[C@@H](N)CN1C(=O)OCc1ccccc1.N#CCC(=O)O. The lowest BCUT2D eigenvalue weighted by atomic mass is 9.98. The van der Waals surface area contributed by atoms with Gasteiger partial charge in [0.05, 0.1) is 66.2 Å². The van der Waals surface area contributed by atoms with Crippen molar-refractivity contribution in [2.45, 2.75) is 189 Å². The molecule has 34 heteroatoms. The predicted molar refractivity (Wildman–Crippen MR) is 459 cm³/mol. The van der Waals surface area contributed by atoms with Gasteiger partial charge in [-0.1, -0.05) is 79.7 Å². The molecular formula is C87H109ClN18O15. The van der Waals surface area contributed by atoms with Crippen molar-refractivity contribution >= 4 is 121 Å². The van der Waals surface area contributed by atoms with Crippen LogP contribution >= 0.6 is 11.6 Å². The van der Waals surface area contributed by atoms with Crippen LogP contribution in [0, 0.1) is 22.7 Å². The summed E-state index contributed by atoms with van der Waals surface area (Å²) in [6.45, 7) is 19.6. The van der Waals surface area contributed by atoms with Gasteiger partial charge in [-0.25, -0.2) is 48.7 Å². The van der Waals surface area contributed by atoms with Crippen LogP contribution < -0.4 is 27.0 Å². The molecule has 0 unspecified atom stereocenters. The summed E-state index contributed by atoms with van der Waals surface area (Å²) in [5.74, 6) is -2.87. The Morgan fingerprint density at radius 1 is 0.471 bits per heavy atom. The van der Waals surface area contributed by atoms with E-state index in [1.807, 2.05) is 112 Å². The van der Waals surface area contributed by atoms with Crippen molar-refractivity contribution in [2.24, 2.45) is 5.73 Å². The number of H-pyrrole nitrogens is 4. The van der Waals surface area contributed by atoms with E-state index in [1.165, 1.54) is 24.7 Å². The zero-order valence-electron chi connectivity index (χ0n) is 68.6. The molecule has 0 spiro atoms. The highest BCUT2D eigenvalue weighted by Gasteiger charge is 2.34. The lowest BCUT2D eigenvalue weighted by Crippen LogP contribution is -2.50. The lowest BCUT2D eigenvalue weighted by molar-refractivity contribution is -0.136. The van der Waals surface area contributed by atoms with Crippen LogP contribution in [0.3, 0.4) is 0 Å². The third kappa shape index (κ3) is 26.3. The molecule has 11 N–H and O–H groups in total. The summed E-state index contributed by atoms with van der Waals surface area (Å²) in [4.78, 5) is 129. The van der Waals surface area contributed by atoms with Gasteiger partial charge in [-0.05, 0) is 142 Å². The Morgan fingerprint density at radius 3 is 1.21 bits per heavy atom. The summed E-state index contributed by atoms with van der Waals surface area (Å²) < 4.78 is 31.3. The topological polar surface area (TPSA) is 458 Å². The molecule has 4 aliphatic rings. The average Bonchev–Trinajstić information content (AvgIpc) is 1.74. The van der Waals surface area contributed by atoms with Gasteiger partial charge in [0.1, 0.15) is 65.3 Å². The third-order valence-corrected chi connectivity index (χ3v) is 20.7. The Kier molecular flexibility index (Phi) is 36.4. The fourth-order valence-corrected chi connectivity index (χ4v) is 14.2. The number of hydrogen-bond acceptors (Lipinski definition) is 25. The number of carbonyl (C=O) groups is 8. The van der Waals surface area contributed by atoms with Crippen molar-refractivity contribution in [3.8, 4) is 12.1 Å². The maximum Gasteiger partial charge on any atom is 0.410 e. The number of piperidine rings is 4. The smallest absolute Gasteiger partial charge is 0.410 e. The molecule has 644 valence electrons. The lowest BCUT2D eigenvalue weighted by Gasteiger charge is -2.38. The maximum atomic E-state index is 12.8. The number of pyridine rings is 4. The molecule has 4 fully saturated rings. The van der Waals surface area contributed by atoms with Gasteiger partial charge >= 0.3 is 42.0 Å². The van der Waals surface area contributed by atoms with Crippen LogP contribution in [-0.4, -0.2) is 209 Å². The molecule has 12 heterocycles. The minimum Gasteiger partial charge on any atom is -0.480 e. The molecule has 14 rings (SSSR count). The molecule has 33 nitrogen and oxygen atoms in total. The van der Waals surface area contributed by atoms with Gasteiger partial charge in [0.2, 0.25) is 5.91 Å². The minimum atomic E-state index is -1.07. The van der Waals surface area contributed by atoms with Crippen molar-refractivity contribution in [2.75, 3.05) is 68.6 Å². The second-order valence-corrected chi connectivity index (χ2v) is 29.3. The quantitative estimate of drug-likeness (QED) is 0.0250. The maximum absolute atomic E-state index is 12.8. The van der Waals surface area contributed by atoms with Gasteiger partial charge in [-0.15, -0.1) is 0 Å². The summed E-state index contributed by atoms with van der Waals surface area (Å²) in [6.07, 6.45) is 19.5. The van der Waals surface area contributed by atoms with Crippen molar-refractivity contribution in [3.63, 3.8) is 0 Å². The molecule has 4 aliphatic heterocycles. The number of nitrogens with zero attached hydrogens (tertiary/aromatic N) is 9. The Balaban J connectivity index is 0.000000188. The first-order valence-corrected chi connectivity index (χ1v) is 40.5. The number of nitriles is 2. The van der Waals surface area contributed by atoms with Crippen LogP contribution in [0.5, 0.6) is 0 Å². The summed E-state index contributed by atoms with van der Waals surface area (Å²) in [5.41, 5.74) is 14.3. The van der Waals surface area contributed by atoms with E-state index in [0.29, 0.717) is 107 Å². The number of carboxylic acids is 1. The number of carbonyl (C=O) groups excluding carboxylic acids is 7. The normalized spacial score (nSPS) is 18.3. The van der Waals surface area contributed by atoms with Crippen molar-refractivity contribution < 1.29 is 71.9 Å². The molecular weight excluding hydrogens is 1570 g/mol. The number of rotatable bonds is 20. The predicted octanol–water partition coefficient (Wildman–Crippen LogP) is 14.2. The third-order valence-electron chi connectivity index (χ3n) is 20.3. The molecule has 2 aromatic carbocycles. The second kappa shape index (κ2) is 47.1. The van der Waals surface area contributed by atoms with Crippen molar-refractivity contribution in [1.82, 2.24) is 59.9 Å². The average molecular weight is 1680 g/mol. The van der Waals surface area contributed by atoms with Crippen LogP contribution in [0.2, 0.25) is 5.02 Å². The molecule has 8 aromatic heterocycles. The number of halogens is 1. The molecule has 3 amide bonds. The number of aromatic nitrogens is 8. The molecule has 0 aliphatic carbocycles. The molecule has 10 aromatic rings. The Hall–Kier alpha value is -12.9. The fourth-order valence-electron chi connectivity index (χ4n) is 13.9. The largest absolute Gasteiger partial charge is 0.480 e. The molecule has 121 heavy (non-hydrogen) atoms. The van der Waals surface area contributed by atoms with E-state index < -0.39 is 30.3 Å². The number of fused-ring (bicyclic) bond motifs is 4. The summed E-state index contributed by atoms with van der Waals surface area (Å²) >= 11 is 6.05. The molecule has 0 radical (unpaired) electrons. The number of amides is 3. The molecule has 8 atom stereocenters. The summed E-state index contributed by atoms with van der Waals surface area (Å²) in [6, 6.07) is 31.4. The molecule has 0 saturated carbocycles. The highest BCUT2D eigenvalue weighted by molar-refractivity contribution is 6.38. The summed E-state index contributed by atoms with van der Waals surface area (Å²) in [7, 11) is 0. The minimum absolute atomic E-state index is 0. The van der Waals surface area contributed by atoms with Gasteiger partial charge in [-0.2, -0.15) is 10.5 Å². The number of hydrogen-bond donors (Lipinski definition) is 10. The van der Waals surface area contributed by atoms with Crippen molar-refractivity contribution in [3.05, 3.63) is 173 Å². The first-order valence-electron chi connectivity index (χ1n) is 40.1. The first-order chi connectivity index (χ1) is 58.0. The number of carboxylic acid groups (broad SMARTS) is 1. The highest BCUT2D eigenvalue weighted by Crippen LogP contribution is 2.34.